The molecule has 6 nitrogen and oxygen atoms in total. The van der Waals surface area contributed by atoms with Crippen LogP contribution in [-0.4, -0.2) is 56.0 Å². The Kier molecular flexibility index (Phi) is 9.15. The van der Waals surface area contributed by atoms with Crippen LogP contribution in [0.25, 0.3) is 0 Å². The maximum absolute atomic E-state index is 12.0. The molecule has 0 aliphatic carbocycles. The number of hydrogen-bond acceptors (Lipinski definition) is 5. The summed E-state index contributed by atoms with van der Waals surface area (Å²) in [6.07, 6.45) is 9.56. The molecule has 2 amide bonds. The highest BCUT2D eigenvalue weighted by Gasteiger charge is 2.26. The van der Waals surface area contributed by atoms with Gasteiger partial charge in [-0.1, -0.05) is 37.8 Å². The Morgan fingerprint density at radius 2 is 1.57 bits per heavy atom. The SMILES string of the molecule is NCCCCCCCCN1CCN(c2ccc(CC3CCC(=O)NC3=O)cc2)CC1. The molecule has 1 unspecified atom stereocenters. The van der Waals surface area contributed by atoms with Crippen molar-refractivity contribution in [1.82, 2.24) is 10.2 Å². The van der Waals surface area contributed by atoms with E-state index in [4.69, 9.17) is 5.73 Å². The van der Waals surface area contributed by atoms with E-state index in [2.05, 4.69) is 39.4 Å². The number of carbonyl (C=O) groups excluding carboxylic acids is 2. The summed E-state index contributed by atoms with van der Waals surface area (Å²) in [4.78, 5) is 28.3. The quantitative estimate of drug-likeness (QED) is 0.430. The topological polar surface area (TPSA) is 78.7 Å². The zero-order chi connectivity index (χ0) is 21.2. The Labute approximate surface area is 181 Å². The molecular formula is C24H38N4O2. The van der Waals surface area contributed by atoms with Gasteiger partial charge in [-0.25, -0.2) is 0 Å². The van der Waals surface area contributed by atoms with E-state index >= 15 is 0 Å². The lowest BCUT2D eigenvalue weighted by molar-refractivity contribution is -0.136. The molecule has 2 fully saturated rings. The molecule has 3 N–H and O–H groups in total. The second-order valence-electron chi connectivity index (χ2n) is 8.76. The Bertz CT molecular complexity index is 668. The normalized spacial score (nSPS) is 20.4. The fourth-order valence-electron chi connectivity index (χ4n) is 4.48. The highest BCUT2D eigenvalue weighted by molar-refractivity contribution is 5.98. The number of carbonyl (C=O) groups is 2. The third-order valence-electron chi connectivity index (χ3n) is 6.44. The molecule has 0 bridgehead atoms. The van der Waals surface area contributed by atoms with E-state index in [0.29, 0.717) is 19.3 Å². The Balaban J connectivity index is 1.34. The van der Waals surface area contributed by atoms with Gasteiger partial charge in [-0.3, -0.25) is 19.8 Å². The average Bonchev–Trinajstić information content (AvgIpc) is 2.76. The number of imide groups is 1. The minimum absolute atomic E-state index is 0.0854. The summed E-state index contributed by atoms with van der Waals surface area (Å²) < 4.78 is 0. The van der Waals surface area contributed by atoms with Crippen LogP contribution in [0.4, 0.5) is 5.69 Å². The highest BCUT2D eigenvalue weighted by Crippen LogP contribution is 2.22. The highest BCUT2D eigenvalue weighted by atomic mass is 16.2. The predicted molar refractivity (Wildman–Crippen MR) is 121 cm³/mol. The van der Waals surface area contributed by atoms with Gasteiger partial charge in [-0.05, 0) is 56.5 Å². The smallest absolute Gasteiger partial charge is 0.230 e. The first-order valence-corrected chi connectivity index (χ1v) is 11.8. The number of anilines is 1. The van der Waals surface area contributed by atoms with Crippen molar-refractivity contribution in [3.8, 4) is 0 Å². The van der Waals surface area contributed by atoms with Crippen LogP contribution in [0.2, 0.25) is 0 Å². The number of benzene rings is 1. The number of piperazine rings is 1. The van der Waals surface area contributed by atoms with Crippen molar-refractivity contribution in [3.63, 3.8) is 0 Å². The van der Waals surface area contributed by atoms with Crippen LogP contribution in [-0.2, 0) is 16.0 Å². The molecule has 2 saturated heterocycles. The fraction of sp³-hybridized carbons (Fsp3) is 0.667. The first kappa shape index (κ1) is 22.8. The van der Waals surface area contributed by atoms with Gasteiger partial charge in [0, 0.05) is 44.2 Å². The summed E-state index contributed by atoms with van der Waals surface area (Å²) in [5.74, 6) is -0.354. The largest absolute Gasteiger partial charge is 0.369 e. The van der Waals surface area contributed by atoms with Crippen LogP contribution in [0.5, 0.6) is 0 Å². The molecule has 1 aromatic carbocycles. The van der Waals surface area contributed by atoms with E-state index in [1.807, 2.05) is 0 Å². The molecule has 0 aromatic heterocycles. The lowest BCUT2D eigenvalue weighted by Gasteiger charge is -2.36. The molecule has 0 saturated carbocycles. The maximum atomic E-state index is 12.0. The maximum Gasteiger partial charge on any atom is 0.230 e. The van der Waals surface area contributed by atoms with Gasteiger partial charge in [0.2, 0.25) is 11.8 Å². The summed E-state index contributed by atoms with van der Waals surface area (Å²) in [6.45, 7) is 6.45. The van der Waals surface area contributed by atoms with Crippen LogP contribution < -0.4 is 16.0 Å². The van der Waals surface area contributed by atoms with E-state index in [9.17, 15) is 9.59 Å². The molecule has 166 valence electrons. The zero-order valence-corrected chi connectivity index (χ0v) is 18.3. The molecule has 6 heteroatoms. The standard InChI is InChI=1S/C24H38N4O2/c25-13-5-3-1-2-4-6-14-27-15-17-28(18-16-27)22-10-7-20(8-11-22)19-21-9-12-23(29)26-24(21)30/h7-8,10-11,21H,1-6,9,12-19,25H2,(H,26,29,30). The second kappa shape index (κ2) is 12.1. The van der Waals surface area contributed by atoms with Crippen LogP contribution in [0.1, 0.15) is 56.9 Å². The van der Waals surface area contributed by atoms with E-state index in [-0.39, 0.29) is 17.7 Å². The van der Waals surface area contributed by atoms with E-state index in [1.54, 1.807) is 0 Å². The van der Waals surface area contributed by atoms with Crippen molar-refractivity contribution < 1.29 is 9.59 Å². The summed E-state index contributed by atoms with van der Waals surface area (Å²) >= 11 is 0. The summed E-state index contributed by atoms with van der Waals surface area (Å²) in [5.41, 5.74) is 7.97. The van der Waals surface area contributed by atoms with Crippen LogP contribution in [0.3, 0.4) is 0 Å². The van der Waals surface area contributed by atoms with Gasteiger partial charge in [0.15, 0.2) is 0 Å². The van der Waals surface area contributed by atoms with Crippen LogP contribution in [0, 0.1) is 5.92 Å². The van der Waals surface area contributed by atoms with Gasteiger partial charge >= 0.3 is 0 Å². The number of hydrogen-bond donors (Lipinski definition) is 2. The molecule has 2 aliphatic heterocycles. The molecule has 2 aliphatic rings. The average molecular weight is 415 g/mol. The molecular weight excluding hydrogens is 376 g/mol. The van der Waals surface area contributed by atoms with Gasteiger partial charge in [-0.15, -0.1) is 0 Å². The molecule has 0 spiro atoms. The monoisotopic (exact) mass is 414 g/mol. The minimum atomic E-state index is -0.145. The number of piperidine rings is 1. The van der Waals surface area contributed by atoms with Crippen molar-refractivity contribution in [1.29, 1.82) is 0 Å². The number of rotatable bonds is 11. The van der Waals surface area contributed by atoms with Crippen LogP contribution >= 0.6 is 0 Å². The van der Waals surface area contributed by atoms with Gasteiger partial charge in [0.05, 0.1) is 0 Å². The molecule has 0 radical (unpaired) electrons. The van der Waals surface area contributed by atoms with Crippen molar-refractivity contribution in [2.75, 3.05) is 44.2 Å². The Morgan fingerprint density at radius 1 is 0.900 bits per heavy atom. The van der Waals surface area contributed by atoms with Gasteiger partial charge in [0.1, 0.15) is 0 Å². The number of amides is 2. The summed E-state index contributed by atoms with van der Waals surface area (Å²) in [7, 11) is 0. The van der Waals surface area contributed by atoms with E-state index in [0.717, 1.165) is 32.7 Å². The third-order valence-corrected chi connectivity index (χ3v) is 6.44. The summed E-state index contributed by atoms with van der Waals surface area (Å²) in [6, 6.07) is 8.63. The number of nitrogens with two attached hydrogens (primary N) is 1. The third kappa shape index (κ3) is 7.10. The first-order chi connectivity index (χ1) is 14.7. The minimum Gasteiger partial charge on any atom is -0.369 e. The van der Waals surface area contributed by atoms with E-state index < -0.39 is 0 Å². The van der Waals surface area contributed by atoms with Gasteiger partial charge in [-0.2, -0.15) is 0 Å². The lowest BCUT2D eigenvalue weighted by atomic mass is 9.91. The summed E-state index contributed by atoms with van der Waals surface area (Å²) in [5, 5.41) is 2.45. The number of unbranched alkanes of at least 4 members (excludes halogenated alkanes) is 5. The van der Waals surface area contributed by atoms with Crippen molar-refractivity contribution in [3.05, 3.63) is 29.8 Å². The molecule has 30 heavy (non-hydrogen) atoms. The Hall–Kier alpha value is -1.92. The fourth-order valence-corrected chi connectivity index (χ4v) is 4.48. The molecule has 1 atom stereocenters. The molecule has 1 aromatic rings. The lowest BCUT2D eigenvalue weighted by Crippen LogP contribution is -2.46. The molecule has 3 rings (SSSR count). The van der Waals surface area contributed by atoms with Crippen LogP contribution in [0.15, 0.2) is 24.3 Å². The van der Waals surface area contributed by atoms with E-state index in [1.165, 1.54) is 56.3 Å². The number of nitrogens with zero attached hydrogens (tertiary/aromatic N) is 2. The van der Waals surface area contributed by atoms with Gasteiger partial charge < -0.3 is 10.6 Å². The van der Waals surface area contributed by atoms with Crippen molar-refractivity contribution in [2.24, 2.45) is 11.7 Å². The first-order valence-electron chi connectivity index (χ1n) is 11.8. The second-order valence-corrected chi connectivity index (χ2v) is 8.76. The van der Waals surface area contributed by atoms with Gasteiger partial charge in [0.25, 0.3) is 0 Å². The Morgan fingerprint density at radius 3 is 2.23 bits per heavy atom. The number of nitrogens with one attached hydrogen (secondary N) is 1. The molecule has 2 heterocycles. The predicted octanol–water partition coefficient (Wildman–Crippen LogP) is 2.70. The van der Waals surface area contributed by atoms with Crippen molar-refractivity contribution >= 4 is 17.5 Å². The zero-order valence-electron chi connectivity index (χ0n) is 18.3. The van der Waals surface area contributed by atoms with Crippen molar-refractivity contribution in [2.45, 2.75) is 57.8 Å².